The average Bonchev–Trinajstić information content (AvgIpc) is 2.18. The molecule has 0 saturated carbocycles. The van der Waals surface area contributed by atoms with Crippen LogP contribution in [0.1, 0.15) is 18.4 Å². The highest BCUT2D eigenvalue weighted by Gasteiger charge is 2.06. The third-order valence-corrected chi connectivity index (χ3v) is 2.63. The summed E-state index contributed by atoms with van der Waals surface area (Å²) in [5.41, 5.74) is 5.97. The van der Waals surface area contributed by atoms with Crippen LogP contribution in [-0.2, 0) is 4.79 Å². The van der Waals surface area contributed by atoms with Gasteiger partial charge in [-0.3, -0.25) is 4.79 Å². The Labute approximate surface area is 97.7 Å². The van der Waals surface area contributed by atoms with Gasteiger partial charge in [-0.2, -0.15) is 0 Å². The molecule has 0 spiro atoms. The van der Waals surface area contributed by atoms with Gasteiger partial charge in [0.15, 0.2) is 0 Å². The molecule has 1 aromatic rings. The topological polar surface area (TPSA) is 66.9 Å². The van der Waals surface area contributed by atoms with Crippen molar-refractivity contribution in [3.63, 3.8) is 0 Å². The normalized spacial score (nSPS) is 10.0. The number of amides is 1. The molecule has 0 unspecified atom stereocenters. The first-order chi connectivity index (χ1) is 7.00. The molecule has 15 heavy (non-hydrogen) atoms. The van der Waals surface area contributed by atoms with E-state index in [-0.39, 0.29) is 6.42 Å². The highest BCUT2D eigenvalue weighted by molar-refractivity contribution is 6.42. The summed E-state index contributed by atoms with van der Waals surface area (Å²) in [4.78, 5) is 10.5. The minimum atomic E-state index is -0.417. The molecule has 3 N–H and O–H groups in total. The van der Waals surface area contributed by atoms with Crippen LogP contribution in [0.5, 0.6) is 0 Å². The number of primary amides is 1. The molecule has 80 valence electrons. The first-order valence-electron chi connectivity index (χ1n) is 4.32. The standard InChI is InChI=1S/C10H10Cl2N2O/c11-7-2-1-6(5-8(7)12)9(13)3-4-10(14)15/h1-2,5,13H,3-4H2,(H2,14,15). The van der Waals surface area contributed by atoms with Crippen molar-refractivity contribution in [2.75, 3.05) is 0 Å². The van der Waals surface area contributed by atoms with Gasteiger partial charge >= 0.3 is 0 Å². The van der Waals surface area contributed by atoms with E-state index in [1.807, 2.05) is 0 Å². The van der Waals surface area contributed by atoms with Crippen LogP contribution in [0.15, 0.2) is 18.2 Å². The second-order valence-corrected chi connectivity index (χ2v) is 3.89. The summed E-state index contributed by atoms with van der Waals surface area (Å²) in [6.07, 6.45) is 0.479. The van der Waals surface area contributed by atoms with E-state index in [0.29, 0.717) is 27.7 Å². The van der Waals surface area contributed by atoms with E-state index >= 15 is 0 Å². The van der Waals surface area contributed by atoms with Crippen LogP contribution >= 0.6 is 23.2 Å². The lowest BCUT2D eigenvalue weighted by Gasteiger charge is -2.04. The largest absolute Gasteiger partial charge is 0.370 e. The number of carbonyl (C=O) groups excluding carboxylic acids is 1. The minimum Gasteiger partial charge on any atom is -0.370 e. The quantitative estimate of drug-likeness (QED) is 0.786. The van der Waals surface area contributed by atoms with Gasteiger partial charge in [-0.25, -0.2) is 0 Å². The van der Waals surface area contributed by atoms with Crippen LogP contribution < -0.4 is 5.73 Å². The van der Waals surface area contributed by atoms with Crippen molar-refractivity contribution in [2.24, 2.45) is 5.73 Å². The average molecular weight is 245 g/mol. The zero-order chi connectivity index (χ0) is 11.4. The predicted molar refractivity (Wildman–Crippen MR) is 61.7 cm³/mol. The summed E-state index contributed by atoms with van der Waals surface area (Å²) < 4.78 is 0. The lowest BCUT2D eigenvalue weighted by Crippen LogP contribution is -2.12. The molecule has 0 aliphatic carbocycles. The smallest absolute Gasteiger partial charge is 0.217 e. The molecule has 0 aromatic heterocycles. The Balaban J connectivity index is 2.74. The summed E-state index contributed by atoms with van der Waals surface area (Å²) in [5, 5.41) is 8.53. The zero-order valence-electron chi connectivity index (χ0n) is 7.89. The van der Waals surface area contributed by atoms with Gasteiger partial charge in [-0.1, -0.05) is 29.3 Å². The van der Waals surface area contributed by atoms with Crippen molar-refractivity contribution >= 4 is 34.8 Å². The number of rotatable bonds is 4. The van der Waals surface area contributed by atoms with Crippen LogP contribution in [0.2, 0.25) is 10.0 Å². The van der Waals surface area contributed by atoms with E-state index in [9.17, 15) is 4.79 Å². The lowest BCUT2D eigenvalue weighted by molar-refractivity contribution is -0.117. The first kappa shape index (κ1) is 12.0. The van der Waals surface area contributed by atoms with Gasteiger partial charge < -0.3 is 11.1 Å². The molecule has 3 nitrogen and oxygen atoms in total. The molecule has 0 aliphatic heterocycles. The number of nitrogens with one attached hydrogen (secondary N) is 1. The molecule has 1 rings (SSSR count). The van der Waals surface area contributed by atoms with Gasteiger partial charge in [0.2, 0.25) is 5.91 Å². The van der Waals surface area contributed by atoms with Gasteiger partial charge in [0.1, 0.15) is 0 Å². The van der Waals surface area contributed by atoms with Crippen molar-refractivity contribution in [2.45, 2.75) is 12.8 Å². The minimum absolute atomic E-state index is 0.166. The third kappa shape index (κ3) is 3.53. The maximum Gasteiger partial charge on any atom is 0.217 e. The molecular weight excluding hydrogens is 235 g/mol. The van der Waals surface area contributed by atoms with Crippen LogP contribution in [0.4, 0.5) is 0 Å². The van der Waals surface area contributed by atoms with Crippen molar-refractivity contribution in [1.29, 1.82) is 5.41 Å². The Morgan fingerprint density at radius 3 is 2.47 bits per heavy atom. The van der Waals surface area contributed by atoms with Crippen LogP contribution in [-0.4, -0.2) is 11.6 Å². The molecule has 0 fully saturated rings. The van der Waals surface area contributed by atoms with E-state index in [2.05, 4.69) is 0 Å². The monoisotopic (exact) mass is 244 g/mol. The van der Waals surface area contributed by atoms with Crippen molar-refractivity contribution in [3.8, 4) is 0 Å². The molecule has 0 aliphatic rings. The van der Waals surface area contributed by atoms with Gasteiger partial charge in [0.25, 0.3) is 0 Å². The highest BCUT2D eigenvalue weighted by Crippen LogP contribution is 2.23. The van der Waals surface area contributed by atoms with Gasteiger partial charge in [-0.15, -0.1) is 0 Å². The Bertz CT molecular complexity index is 404. The summed E-state index contributed by atoms with van der Waals surface area (Å²) >= 11 is 11.5. The second kappa shape index (κ2) is 5.14. The SMILES string of the molecule is N=C(CCC(N)=O)c1ccc(Cl)c(Cl)c1. The summed E-state index contributed by atoms with van der Waals surface area (Å²) in [6, 6.07) is 4.92. The summed E-state index contributed by atoms with van der Waals surface area (Å²) in [6.45, 7) is 0. The number of halogens is 2. The fourth-order valence-corrected chi connectivity index (χ4v) is 1.37. The molecule has 0 radical (unpaired) electrons. The molecule has 5 heteroatoms. The van der Waals surface area contributed by atoms with E-state index in [1.54, 1.807) is 18.2 Å². The Hall–Kier alpha value is -1.06. The predicted octanol–water partition coefficient (Wildman–Crippen LogP) is 2.63. The third-order valence-electron chi connectivity index (χ3n) is 1.89. The molecule has 0 bridgehead atoms. The fourth-order valence-electron chi connectivity index (χ4n) is 1.08. The molecule has 1 aromatic carbocycles. The van der Waals surface area contributed by atoms with Crippen molar-refractivity contribution in [1.82, 2.24) is 0 Å². The molecular formula is C10H10Cl2N2O. The summed E-state index contributed by atoms with van der Waals surface area (Å²) in [7, 11) is 0. The lowest BCUT2D eigenvalue weighted by atomic mass is 10.1. The number of hydrogen-bond acceptors (Lipinski definition) is 2. The maximum atomic E-state index is 10.5. The highest BCUT2D eigenvalue weighted by atomic mass is 35.5. The van der Waals surface area contributed by atoms with Crippen LogP contribution in [0, 0.1) is 5.41 Å². The molecule has 1 amide bonds. The maximum absolute atomic E-state index is 10.5. The van der Waals surface area contributed by atoms with Crippen molar-refractivity contribution < 1.29 is 4.79 Å². The van der Waals surface area contributed by atoms with Crippen LogP contribution in [0.3, 0.4) is 0 Å². The number of benzene rings is 1. The van der Waals surface area contributed by atoms with E-state index in [0.717, 1.165) is 0 Å². The molecule has 0 atom stereocenters. The zero-order valence-corrected chi connectivity index (χ0v) is 9.40. The van der Waals surface area contributed by atoms with Gasteiger partial charge in [0.05, 0.1) is 10.0 Å². The summed E-state index contributed by atoms with van der Waals surface area (Å²) in [5.74, 6) is -0.417. The Morgan fingerprint density at radius 2 is 1.93 bits per heavy atom. The van der Waals surface area contributed by atoms with E-state index in [1.165, 1.54) is 0 Å². The van der Waals surface area contributed by atoms with Crippen LogP contribution in [0.25, 0.3) is 0 Å². The first-order valence-corrected chi connectivity index (χ1v) is 5.07. The Kier molecular flexibility index (Phi) is 4.12. The van der Waals surface area contributed by atoms with Gasteiger partial charge in [-0.05, 0) is 24.1 Å². The fraction of sp³-hybridized carbons (Fsp3) is 0.200. The number of nitrogens with two attached hydrogens (primary N) is 1. The Morgan fingerprint density at radius 1 is 1.27 bits per heavy atom. The number of carbonyl (C=O) groups is 1. The second-order valence-electron chi connectivity index (χ2n) is 3.07. The van der Waals surface area contributed by atoms with E-state index in [4.69, 9.17) is 34.3 Å². The number of hydrogen-bond donors (Lipinski definition) is 2. The molecule has 0 saturated heterocycles. The van der Waals surface area contributed by atoms with E-state index < -0.39 is 5.91 Å². The van der Waals surface area contributed by atoms with Gasteiger partial charge in [0, 0.05) is 12.1 Å². The molecule has 0 heterocycles. The van der Waals surface area contributed by atoms with Crippen molar-refractivity contribution in [3.05, 3.63) is 33.8 Å².